The molecule has 0 unspecified atom stereocenters. The largest absolute Gasteiger partial charge is 0.368 e. The van der Waals surface area contributed by atoms with Crippen LogP contribution in [0.4, 0.5) is 0 Å². The predicted molar refractivity (Wildman–Crippen MR) is 131 cm³/mol. The van der Waals surface area contributed by atoms with Crippen molar-refractivity contribution >= 4 is 45.9 Å². The van der Waals surface area contributed by atoms with Crippen molar-refractivity contribution in [2.75, 3.05) is 0 Å². The van der Waals surface area contributed by atoms with Crippen LogP contribution in [0.5, 0.6) is 0 Å². The number of rotatable bonds is 6. The van der Waals surface area contributed by atoms with Crippen LogP contribution < -0.4 is 10.6 Å². The summed E-state index contributed by atoms with van der Waals surface area (Å²) in [4.78, 5) is 15.8. The third-order valence-corrected chi connectivity index (χ3v) is 4.85. The molecule has 8 heteroatoms. The zero-order valence-corrected chi connectivity index (χ0v) is 18.7. The van der Waals surface area contributed by atoms with Gasteiger partial charge in [-0.15, -0.1) is 0 Å². The van der Waals surface area contributed by atoms with E-state index in [0.29, 0.717) is 23.3 Å². The molecule has 2 aromatic carbocycles. The number of hydrogen-bond acceptors (Lipinski definition) is 4. The first-order chi connectivity index (χ1) is 15.3. The van der Waals surface area contributed by atoms with E-state index in [9.17, 15) is 0 Å². The molecule has 4 rings (SSSR count). The molecule has 0 amide bonds. The van der Waals surface area contributed by atoms with E-state index in [-0.39, 0.29) is 12.1 Å². The molecule has 6 N–H and O–H groups in total. The average molecular weight is 429 g/mol. The van der Waals surface area contributed by atoms with Gasteiger partial charge in [0.05, 0.1) is 22.1 Å². The lowest BCUT2D eigenvalue weighted by Gasteiger charge is -2.10. The van der Waals surface area contributed by atoms with E-state index in [0.717, 1.165) is 33.2 Å². The molecule has 2 heterocycles. The van der Waals surface area contributed by atoms with Crippen LogP contribution >= 0.6 is 0 Å². The zero-order chi connectivity index (χ0) is 22.8. The van der Waals surface area contributed by atoms with E-state index < -0.39 is 0 Å². The summed E-state index contributed by atoms with van der Waals surface area (Å²) in [5.74, 6) is 2.20. The number of amidine groups is 2. The normalized spacial score (nSPS) is 11.8. The lowest BCUT2D eigenvalue weighted by Crippen LogP contribution is -2.30. The smallest absolute Gasteiger partial charge is 0.131 e. The zero-order valence-electron chi connectivity index (χ0n) is 18.7. The Hall–Kier alpha value is -3.94. The monoisotopic (exact) mass is 428 g/mol. The predicted octanol–water partition coefficient (Wildman–Crippen LogP) is 4.26. The molecule has 0 saturated heterocycles. The summed E-state index contributed by atoms with van der Waals surface area (Å²) in [5.41, 5.74) is 5.05. The van der Waals surface area contributed by atoms with Crippen molar-refractivity contribution in [3.63, 3.8) is 0 Å². The number of fused-ring (bicyclic) bond motifs is 2. The molecule has 2 aromatic heterocycles. The molecule has 0 bridgehead atoms. The number of aromatic nitrogens is 4. The minimum Gasteiger partial charge on any atom is -0.368 e. The number of nitrogens with zero attached hydrogens (tertiary/aromatic N) is 2. The van der Waals surface area contributed by atoms with Crippen molar-refractivity contribution in [1.82, 2.24) is 30.6 Å². The quantitative estimate of drug-likeness (QED) is 0.202. The van der Waals surface area contributed by atoms with Gasteiger partial charge in [0.15, 0.2) is 0 Å². The first-order valence-electron chi connectivity index (χ1n) is 10.7. The number of H-pyrrole nitrogens is 2. The van der Waals surface area contributed by atoms with Gasteiger partial charge in [-0.2, -0.15) is 0 Å². The third-order valence-electron chi connectivity index (χ3n) is 4.85. The molecule has 0 aliphatic carbocycles. The summed E-state index contributed by atoms with van der Waals surface area (Å²) < 4.78 is 0. The maximum Gasteiger partial charge on any atom is 0.131 e. The molecule has 0 aliphatic rings. The first kappa shape index (κ1) is 21.3. The van der Waals surface area contributed by atoms with Gasteiger partial charge in [-0.1, -0.05) is 0 Å². The van der Waals surface area contributed by atoms with Crippen LogP contribution in [0, 0.1) is 10.8 Å². The molecule has 8 nitrogen and oxygen atoms in total. The summed E-state index contributed by atoms with van der Waals surface area (Å²) in [7, 11) is 0. The molecule has 0 fully saturated rings. The topological polar surface area (TPSA) is 129 Å². The van der Waals surface area contributed by atoms with E-state index >= 15 is 0 Å². The Balaban J connectivity index is 1.54. The SMILES string of the molecule is CC(C)NC(=N)c1ccc2[nH]c(C=Cc3nc4cc(C(=N)NC(C)C)ccc4[nH]3)nc2c1. The van der Waals surface area contributed by atoms with E-state index in [1.165, 1.54) is 0 Å². The molecule has 164 valence electrons. The molecule has 32 heavy (non-hydrogen) atoms. The maximum atomic E-state index is 8.17. The van der Waals surface area contributed by atoms with Gasteiger partial charge in [0.2, 0.25) is 0 Å². The summed E-state index contributed by atoms with van der Waals surface area (Å²) in [6, 6.07) is 11.9. The second kappa shape index (κ2) is 8.66. The van der Waals surface area contributed by atoms with Crippen molar-refractivity contribution in [1.29, 1.82) is 10.8 Å². The molecule has 0 atom stereocenters. The third kappa shape index (κ3) is 4.69. The fourth-order valence-corrected chi connectivity index (χ4v) is 3.42. The molecular weight excluding hydrogens is 400 g/mol. The lowest BCUT2D eigenvalue weighted by atomic mass is 10.1. The van der Waals surface area contributed by atoms with Crippen LogP contribution in [0.15, 0.2) is 36.4 Å². The highest BCUT2D eigenvalue weighted by atomic mass is 15.0. The van der Waals surface area contributed by atoms with Gasteiger partial charge in [0.1, 0.15) is 23.3 Å². The Morgan fingerprint density at radius 1 is 0.750 bits per heavy atom. The van der Waals surface area contributed by atoms with Gasteiger partial charge < -0.3 is 20.6 Å². The van der Waals surface area contributed by atoms with Gasteiger partial charge in [-0.05, 0) is 76.2 Å². The van der Waals surface area contributed by atoms with Gasteiger partial charge in [0.25, 0.3) is 0 Å². The molecule has 0 spiro atoms. The number of benzene rings is 2. The molecule has 0 aliphatic heterocycles. The number of aromatic amines is 2. The second-order valence-corrected chi connectivity index (χ2v) is 8.39. The minimum atomic E-state index is 0.202. The van der Waals surface area contributed by atoms with Gasteiger partial charge in [-0.3, -0.25) is 10.8 Å². The lowest BCUT2D eigenvalue weighted by molar-refractivity contribution is 0.730. The van der Waals surface area contributed by atoms with Crippen LogP contribution in [0.1, 0.15) is 50.5 Å². The highest BCUT2D eigenvalue weighted by Gasteiger charge is 2.08. The highest BCUT2D eigenvalue weighted by molar-refractivity contribution is 6.00. The minimum absolute atomic E-state index is 0.202. The average Bonchev–Trinajstić information content (AvgIpc) is 3.33. The standard InChI is InChI=1S/C24H28N8/c1-13(2)27-23(25)15-5-7-17-19(11-15)31-21(29-17)9-10-22-30-18-8-6-16(12-20(18)32-22)24(26)28-14(3)4/h5-14H,1-4H3,(H2,25,27)(H2,26,28)(H,29,31)(H,30,32). The Morgan fingerprint density at radius 3 is 1.53 bits per heavy atom. The molecule has 4 aromatic rings. The van der Waals surface area contributed by atoms with Crippen LogP contribution in [0.3, 0.4) is 0 Å². The van der Waals surface area contributed by atoms with Crippen LogP contribution in [-0.4, -0.2) is 43.7 Å². The Labute approximate surface area is 186 Å². The van der Waals surface area contributed by atoms with Crippen molar-refractivity contribution < 1.29 is 0 Å². The second-order valence-electron chi connectivity index (χ2n) is 8.39. The molecular formula is C24H28N8. The van der Waals surface area contributed by atoms with Gasteiger partial charge >= 0.3 is 0 Å². The van der Waals surface area contributed by atoms with E-state index in [1.807, 2.05) is 76.2 Å². The summed E-state index contributed by atoms with van der Waals surface area (Å²) in [5, 5.41) is 22.6. The maximum absolute atomic E-state index is 8.17. The van der Waals surface area contributed by atoms with E-state index in [1.54, 1.807) is 0 Å². The van der Waals surface area contributed by atoms with Crippen LogP contribution in [0.25, 0.3) is 34.2 Å². The number of imidazole rings is 2. The number of hydrogen-bond donors (Lipinski definition) is 6. The summed E-state index contributed by atoms with van der Waals surface area (Å²) >= 11 is 0. The van der Waals surface area contributed by atoms with E-state index in [4.69, 9.17) is 10.8 Å². The van der Waals surface area contributed by atoms with E-state index in [2.05, 4.69) is 30.6 Å². The molecule has 0 radical (unpaired) electrons. The molecule has 0 saturated carbocycles. The van der Waals surface area contributed by atoms with Crippen LogP contribution in [-0.2, 0) is 0 Å². The van der Waals surface area contributed by atoms with Crippen molar-refractivity contribution in [2.45, 2.75) is 39.8 Å². The fraction of sp³-hybridized carbons (Fsp3) is 0.250. The fourth-order valence-electron chi connectivity index (χ4n) is 3.42. The summed E-state index contributed by atoms with van der Waals surface area (Å²) in [6.07, 6.45) is 3.75. The van der Waals surface area contributed by atoms with Crippen LogP contribution in [0.2, 0.25) is 0 Å². The first-order valence-corrected chi connectivity index (χ1v) is 10.7. The van der Waals surface area contributed by atoms with Crippen molar-refractivity contribution in [2.24, 2.45) is 0 Å². The highest BCUT2D eigenvalue weighted by Crippen LogP contribution is 2.17. The summed E-state index contributed by atoms with van der Waals surface area (Å²) in [6.45, 7) is 8.04. The Morgan fingerprint density at radius 2 is 1.16 bits per heavy atom. The van der Waals surface area contributed by atoms with Crippen molar-refractivity contribution in [3.8, 4) is 0 Å². The van der Waals surface area contributed by atoms with Crippen molar-refractivity contribution in [3.05, 3.63) is 59.2 Å². The Kier molecular flexibility index (Phi) is 5.77. The number of nitrogens with one attached hydrogen (secondary N) is 6. The van der Waals surface area contributed by atoms with Gasteiger partial charge in [-0.25, -0.2) is 9.97 Å². The van der Waals surface area contributed by atoms with Gasteiger partial charge in [0, 0.05) is 23.2 Å². The Bertz CT molecular complexity index is 1220.